The molecule has 3 rings (SSSR count). The van der Waals surface area contributed by atoms with Crippen LogP contribution in [-0.4, -0.2) is 40.1 Å². The van der Waals surface area contributed by atoms with Crippen molar-refractivity contribution in [2.45, 2.75) is 30.0 Å². The molecule has 1 heterocycles. The van der Waals surface area contributed by atoms with E-state index in [1.807, 2.05) is 0 Å². The number of rotatable bonds is 7. The molecule has 2 aromatic rings. The van der Waals surface area contributed by atoms with Gasteiger partial charge in [0.2, 0.25) is 5.91 Å². The van der Waals surface area contributed by atoms with Gasteiger partial charge in [0.1, 0.15) is 6.54 Å². The van der Waals surface area contributed by atoms with Crippen molar-refractivity contribution in [3.8, 4) is 0 Å². The molecule has 162 valence electrons. The highest BCUT2D eigenvalue weighted by Crippen LogP contribution is 2.33. The predicted octanol–water partition coefficient (Wildman–Crippen LogP) is 3.20. The molecule has 1 aliphatic heterocycles. The minimum atomic E-state index is -4.65. The number of alkyl halides is 3. The number of anilines is 1. The first kappa shape index (κ1) is 22.1. The standard InChI is InChI=1S/C20H21F3N2O4S/c21-20(22,23)15-6-4-7-16(12-15)25(30(27,28)18-9-2-1-3-10-18)14-19(26)24-13-17-8-5-11-29-17/h1-4,6-7,9-10,12,17H,5,8,11,13-14H2,(H,24,26)/t17-/m0/s1. The van der Waals surface area contributed by atoms with Crippen LogP contribution in [0.15, 0.2) is 59.5 Å². The molecule has 0 saturated carbocycles. The number of nitrogens with one attached hydrogen (secondary N) is 1. The van der Waals surface area contributed by atoms with Gasteiger partial charge in [-0.15, -0.1) is 0 Å². The number of hydrogen-bond donors (Lipinski definition) is 1. The van der Waals surface area contributed by atoms with E-state index in [1.165, 1.54) is 30.3 Å². The maximum absolute atomic E-state index is 13.1. The second-order valence-corrected chi connectivity index (χ2v) is 8.67. The van der Waals surface area contributed by atoms with Crippen molar-refractivity contribution in [2.75, 3.05) is 24.0 Å². The van der Waals surface area contributed by atoms with Crippen molar-refractivity contribution in [3.05, 3.63) is 60.2 Å². The van der Waals surface area contributed by atoms with Gasteiger partial charge in [-0.05, 0) is 43.2 Å². The lowest BCUT2D eigenvalue weighted by Crippen LogP contribution is -2.42. The summed E-state index contributed by atoms with van der Waals surface area (Å²) in [6, 6.07) is 11.1. The summed E-state index contributed by atoms with van der Waals surface area (Å²) in [7, 11) is -4.27. The van der Waals surface area contributed by atoms with Crippen molar-refractivity contribution in [3.63, 3.8) is 0 Å². The third-order valence-corrected chi connectivity index (χ3v) is 6.42. The zero-order valence-electron chi connectivity index (χ0n) is 15.9. The summed E-state index contributed by atoms with van der Waals surface area (Å²) in [5.74, 6) is -0.637. The van der Waals surface area contributed by atoms with Crippen LogP contribution in [0, 0.1) is 0 Å². The number of hydrogen-bond acceptors (Lipinski definition) is 4. The van der Waals surface area contributed by atoms with Gasteiger partial charge in [0.15, 0.2) is 0 Å². The Labute approximate surface area is 172 Å². The second-order valence-electron chi connectivity index (χ2n) is 6.81. The average molecular weight is 442 g/mol. The van der Waals surface area contributed by atoms with Crippen molar-refractivity contribution in [1.82, 2.24) is 5.32 Å². The van der Waals surface area contributed by atoms with Gasteiger partial charge in [0.05, 0.1) is 22.3 Å². The topological polar surface area (TPSA) is 75.7 Å². The summed E-state index contributed by atoms with van der Waals surface area (Å²) in [6.07, 6.45) is -3.15. The van der Waals surface area contributed by atoms with E-state index in [0.717, 1.165) is 25.0 Å². The molecular formula is C20H21F3N2O4S. The third-order valence-electron chi connectivity index (χ3n) is 4.63. The molecule has 1 N–H and O–H groups in total. The number of carbonyl (C=O) groups is 1. The molecule has 6 nitrogen and oxygen atoms in total. The highest BCUT2D eigenvalue weighted by Gasteiger charge is 2.33. The van der Waals surface area contributed by atoms with Crippen LogP contribution in [0.2, 0.25) is 0 Å². The van der Waals surface area contributed by atoms with Crippen LogP contribution in [0.1, 0.15) is 18.4 Å². The van der Waals surface area contributed by atoms with Gasteiger partial charge in [-0.2, -0.15) is 13.2 Å². The molecule has 0 bridgehead atoms. The SMILES string of the molecule is O=C(CN(c1cccc(C(F)(F)F)c1)S(=O)(=O)c1ccccc1)NC[C@@H]1CCCO1. The van der Waals surface area contributed by atoms with Gasteiger partial charge >= 0.3 is 6.18 Å². The largest absolute Gasteiger partial charge is 0.416 e. The molecule has 1 atom stereocenters. The summed E-state index contributed by atoms with van der Waals surface area (Å²) >= 11 is 0. The van der Waals surface area contributed by atoms with Crippen LogP contribution in [0.5, 0.6) is 0 Å². The fourth-order valence-corrected chi connectivity index (χ4v) is 4.53. The summed E-state index contributed by atoms with van der Waals surface area (Å²) in [4.78, 5) is 12.3. The van der Waals surface area contributed by atoms with Crippen molar-refractivity contribution < 1.29 is 31.1 Å². The van der Waals surface area contributed by atoms with Crippen LogP contribution in [0.3, 0.4) is 0 Å². The molecule has 2 aromatic carbocycles. The van der Waals surface area contributed by atoms with Gasteiger partial charge in [0.25, 0.3) is 10.0 Å². The first-order chi connectivity index (χ1) is 14.2. The minimum absolute atomic E-state index is 0.130. The lowest BCUT2D eigenvalue weighted by atomic mass is 10.2. The van der Waals surface area contributed by atoms with Gasteiger partial charge in [-0.1, -0.05) is 24.3 Å². The Morgan fingerprint density at radius 2 is 1.87 bits per heavy atom. The number of ether oxygens (including phenoxy) is 1. The highest BCUT2D eigenvalue weighted by molar-refractivity contribution is 7.92. The molecule has 1 amide bonds. The fourth-order valence-electron chi connectivity index (χ4n) is 3.09. The first-order valence-corrected chi connectivity index (χ1v) is 10.8. The average Bonchev–Trinajstić information content (AvgIpc) is 3.24. The molecular weight excluding hydrogens is 421 g/mol. The molecule has 1 fully saturated rings. The normalized spacial score (nSPS) is 17.0. The monoisotopic (exact) mass is 442 g/mol. The smallest absolute Gasteiger partial charge is 0.376 e. The highest BCUT2D eigenvalue weighted by atomic mass is 32.2. The Kier molecular flexibility index (Phi) is 6.67. The molecule has 0 aliphatic carbocycles. The predicted molar refractivity (Wildman–Crippen MR) is 104 cm³/mol. The Hall–Kier alpha value is -2.59. The summed E-state index contributed by atoms with van der Waals surface area (Å²) in [6.45, 7) is 0.144. The molecule has 0 aromatic heterocycles. The Bertz CT molecular complexity index is 975. The maximum atomic E-state index is 13.1. The van der Waals surface area contributed by atoms with Crippen molar-refractivity contribution >= 4 is 21.6 Å². The summed E-state index contributed by atoms with van der Waals surface area (Å²) in [5.41, 5.74) is -1.26. The van der Waals surface area contributed by atoms with Crippen LogP contribution in [0.25, 0.3) is 0 Å². The number of sulfonamides is 1. The number of nitrogens with zero attached hydrogens (tertiary/aromatic N) is 1. The van der Waals surface area contributed by atoms with E-state index in [4.69, 9.17) is 4.74 Å². The second kappa shape index (κ2) is 9.05. The van der Waals surface area contributed by atoms with Crippen LogP contribution >= 0.6 is 0 Å². The van der Waals surface area contributed by atoms with E-state index >= 15 is 0 Å². The Morgan fingerprint density at radius 1 is 1.13 bits per heavy atom. The number of halogens is 3. The first-order valence-electron chi connectivity index (χ1n) is 9.31. The van der Waals surface area contributed by atoms with E-state index in [2.05, 4.69) is 5.32 Å². The van der Waals surface area contributed by atoms with E-state index < -0.39 is 34.2 Å². The fraction of sp³-hybridized carbons (Fsp3) is 0.350. The van der Waals surface area contributed by atoms with Crippen LogP contribution < -0.4 is 9.62 Å². The molecule has 1 saturated heterocycles. The zero-order chi connectivity index (χ0) is 21.8. The lowest BCUT2D eigenvalue weighted by molar-refractivity contribution is -0.137. The van der Waals surface area contributed by atoms with Crippen LogP contribution in [0.4, 0.5) is 18.9 Å². The molecule has 0 radical (unpaired) electrons. The summed E-state index contributed by atoms with van der Waals surface area (Å²) < 4.78 is 71.8. The Morgan fingerprint density at radius 3 is 2.50 bits per heavy atom. The molecule has 1 aliphatic rings. The zero-order valence-corrected chi connectivity index (χ0v) is 16.7. The van der Waals surface area contributed by atoms with Gasteiger partial charge < -0.3 is 10.1 Å². The number of benzene rings is 2. The van der Waals surface area contributed by atoms with Gasteiger partial charge in [0, 0.05) is 13.2 Å². The maximum Gasteiger partial charge on any atom is 0.416 e. The van der Waals surface area contributed by atoms with E-state index in [-0.39, 0.29) is 23.2 Å². The van der Waals surface area contributed by atoms with Crippen LogP contribution in [-0.2, 0) is 25.7 Å². The molecule has 10 heteroatoms. The van der Waals surface area contributed by atoms with E-state index in [1.54, 1.807) is 6.07 Å². The van der Waals surface area contributed by atoms with E-state index in [9.17, 15) is 26.4 Å². The minimum Gasteiger partial charge on any atom is -0.376 e. The number of amides is 1. The van der Waals surface area contributed by atoms with Crippen molar-refractivity contribution in [1.29, 1.82) is 0 Å². The molecule has 0 unspecified atom stereocenters. The van der Waals surface area contributed by atoms with Gasteiger partial charge in [-0.3, -0.25) is 9.10 Å². The number of carbonyl (C=O) groups excluding carboxylic acids is 1. The third kappa shape index (κ3) is 5.31. The van der Waals surface area contributed by atoms with Crippen molar-refractivity contribution in [2.24, 2.45) is 0 Å². The molecule has 30 heavy (non-hydrogen) atoms. The Balaban J connectivity index is 1.90. The quantitative estimate of drug-likeness (QED) is 0.715. The van der Waals surface area contributed by atoms with E-state index in [0.29, 0.717) is 17.0 Å². The summed E-state index contributed by atoms with van der Waals surface area (Å²) in [5, 5.41) is 2.60. The molecule has 0 spiro atoms. The van der Waals surface area contributed by atoms with Gasteiger partial charge in [-0.25, -0.2) is 8.42 Å². The lowest BCUT2D eigenvalue weighted by Gasteiger charge is -2.25.